The highest BCUT2D eigenvalue weighted by Crippen LogP contribution is 2.40. The summed E-state index contributed by atoms with van der Waals surface area (Å²) < 4.78 is 33.2. The fourth-order valence-electron chi connectivity index (χ4n) is 3.37. The molecule has 2 atom stereocenters. The second-order valence-electron chi connectivity index (χ2n) is 7.52. The fraction of sp³-hybridized carbons (Fsp3) is 0.684. The van der Waals surface area contributed by atoms with Gasteiger partial charge in [-0.2, -0.15) is 0 Å². The average Bonchev–Trinajstić information content (AvgIpc) is 3.39. The van der Waals surface area contributed by atoms with Gasteiger partial charge >= 0.3 is 0 Å². The minimum atomic E-state index is -3.23. The number of sulfonamides is 1. The predicted octanol–water partition coefficient (Wildman–Crippen LogP) is 3.83. The maximum Gasteiger partial charge on any atom is 0.214 e. The van der Waals surface area contributed by atoms with Crippen molar-refractivity contribution in [2.75, 3.05) is 6.61 Å². The van der Waals surface area contributed by atoms with Gasteiger partial charge in [0.05, 0.1) is 11.9 Å². The monoisotopic (exact) mass is 351 g/mol. The van der Waals surface area contributed by atoms with Crippen LogP contribution in [-0.4, -0.2) is 26.3 Å². The lowest BCUT2D eigenvalue weighted by molar-refractivity contribution is 0.180. The Bertz CT molecular complexity index is 635. The van der Waals surface area contributed by atoms with E-state index in [1.54, 1.807) is 13.8 Å². The van der Waals surface area contributed by atoms with Crippen LogP contribution < -0.4 is 9.46 Å². The Morgan fingerprint density at radius 1 is 1.08 bits per heavy atom. The molecule has 0 saturated heterocycles. The molecule has 0 bridgehead atoms. The van der Waals surface area contributed by atoms with Gasteiger partial charge in [0.25, 0.3) is 0 Å². The maximum atomic E-state index is 12.2. The summed E-state index contributed by atoms with van der Waals surface area (Å²) in [5, 5.41) is -0.393. The minimum absolute atomic E-state index is 0.00288. The first-order valence-corrected chi connectivity index (χ1v) is 10.7. The molecular weight excluding hydrogens is 322 g/mol. The van der Waals surface area contributed by atoms with Crippen molar-refractivity contribution >= 4 is 10.0 Å². The molecule has 134 valence electrons. The molecular formula is C19H29NO3S. The predicted molar refractivity (Wildman–Crippen MR) is 96.8 cm³/mol. The first-order chi connectivity index (χ1) is 11.5. The summed E-state index contributed by atoms with van der Waals surface area (Å²) >= 11 is 0. The van der Waals surface area contributed by atoms with Crippen LogP contribution in [0, 0.1) is 5.92 Å². The van der Waals surface area contributed by atoms with E-state index in [1.165, 1.54) is 18.4 Å². The molecule has 3 rings (SSSR count). The molecule has 1 N–H and O–H groups in total. The number of rotatable bonds is 7. The van der Waals surface area contributed by atoms with E-state index in [0.717, 1.165) is 37.4 Å². The summed E-state index contributed by atoms with van der Waals surface area (Å²) in [5.41, 5.74) is 1.41. The van der Waals surface area contributed by atoms with Crippen molar-refractivity contribution in [2.45, 2.75) is 69.6 Å². The van der Waals surface area contributed by atoms with Crippen LogP contribution in [-0.2, 0) is 10.0 Å². The van der Waals surface area contributed by atoms with Gasteiger partial charge in [-0.15, -0.1) is 0 Å². The van der Waals surface area contributed by atoms with E-state index in [9.17, 15) is 8.42 Å². The summed E-state index contributed by atoms with van der Waals surface area (Å²) in [4.78, 5) is 0. The van der Waals surface area contributed by atoms with Crippen LogP contribution in [0.5, 0.6) is 5.75 Å². The lowest BCUT2D eigenvalue weighted by Gasteiger charge is -2.32. The Hall–Kier alpha value is -1.07. The largest absolute Gasteiger partial charge is 0.493 e. The van der Waals surface area contributed by atoms with E-state index in [1.807, 2.05) is 12.1 Å². The van der Waals surface area contributed by atoms with Crippen molar-refractivity contribution in [3.63, 3.8) is 0 Å². The number of nitrogens with one attached hydrogen (secondary N) is 1. The highest BCUT2D eigenvalue weighted by atomic mass is 32.2. The molecule has 0 heterocycles. The van der Waals surface area contributed by atoms with Crippen molar-refractivity contribution in [2.24, 2.45) is 5.92 Å². The van der Waals surface area contributed by atoms with Gasteiger partial charge in [0, 0.05) is 12.0 Å². The van der Waals surface area contributed by atoms with Crippen LogP contribution >= 0.6 is 0 Å². The molecule has 0 aliphatic heterocycles. The van der Waals surface area contributed by atoms with Gasteiger partial charge in [-0.1, -0.05) is 25.0 Å². The lowest BCUT2D eigenvalue weighted by Crippen LogP contribution is -2.46. The zero-order valence-corrected chi connectivity index (χ0v) is 15.5. The Kier molecular flexibility index (Phi) is 5.50. The SMILES string of the molecule is CC(C)S(=O)(=O)NC1CCCCC1COc1ccc(C2CC2)cc1. The molecule has 0 spiro atoms. The molecule has 2 saturated carbocycles. The Labute approximate surface area is 146 Å². The number of hydrogen-bond donors (Lipinski definition) is 1. The molecule has 0 radical (unpaired) electrons. The fourth-order valence-corrected chi connectivity index (χ4v) is 4.37. The lowest BCUT2D eigenvalue weighted by atomic mass is 9.86. The molecule has 2 fully saturated rings. The van der Waals surface area contributed by atoms with Gasteiger partial charge in [-0.05, 0) is 63.1 Å². The number of hydrogen-bond acceptors (Lipinski definition) is 3. The van der Waals surface area contributed by atoms with Gasteiger partial charge in [0.2, 0.25) is 10.0 Å². The zero-order valence-electron chi connectivity index (χ0n) is 14.7. The Morgan fingerprint density at radius 3 is 2.38 bits per heavy atom. The summed E-state index contributed by atoms with van der Waals surface area (Å²) in [6.07, 6.45) is 6.76. The normalized spacial score (nSPS) is 25.0. The van der Waals surface area contributed by atoms with Crippen molar-refractivity contribution in [3.05, 3.63) is 29.8 Å². The topological polar surface area (TPSA) is 55.4 Å². The zero-order chi connectivity index (χ0) is 17.2. The third kappa shape index (κ3) is 4.51. The number of ether oxygens (including phenoxy) is 1. The maximum absolute atomic E-state index is 12.2. The van der Waals surface area contributed by atoms with E-state index in [2.05, 4.69) is 16.9 Å². The molecule has 0 amide bonds. The third-order valence-electron chi connectivity index (χ3n) is 5.24. The second-order valence-corrected chi connectivity index (χ2v) is 9.79. The molecule has 2 aliphatic rings. The van der Waals surface area contributed by atoms with E-state index < -0.39 is 15.3 Å². The molecule has 1 aromatic rings. The molecule has 5 heteroatoms. The van der Waals surface area contributed by atoms with Crippen LogP contribution in [0.2, 0.25) is 0 Å². The van der Waals surface area contributed by atoms with Gasteiger partial charge in [0.1, 0.15) is 5.75 Å². The van der Waals surface area contributed by atoms with Crippen molar-refractivity contribution in [1.82, 2.24) is 4.72 Å². The molecule has 24 heavy (non-hydrogen) atoms. The molecule has 0 aromatic heterocycles. The highest BCUT2D eigenvalue weighted by molar-refractivity contribution is 7.90. The summed E-state index contributed by atoms with van der Waals surface area (Å²) in [5.74, 6) is 1.89. The highest BCUT2D eigenvalue weighted by Gasteiger charge is 2.30. The van der Waals surface area contributed by atoms with Crippen molar-refractivity contribution in [1.29, 1.82) is 0 Å². The van der Waals surface area contributed by atoms with Crippen molar-refractivity contribution < 1.29 is 13.2 Å². The summed E-state index contributed by atoms with van der Waals surface area (Å²) in [7, 11) is -3.23. The van der Waals surface area contributed by atoms with Crippen LogP contribution in [0.15, 0.2) is 24.3 Å². The summed E-state index contributed by atoms with van der Waals surface area (Å²) in [6.45, 7) is 4.02. The van der Waals surface area contributed by atoms with E-state index in [-0.39, 0.29) is 12.0 Å². The van der Waals surface area contributed by atoms with Crippen LogP contribution in [0.3, 0.4) is 0 Å². The van der Waals surface area contributed by atoms with Crippen LogP contribution in [0.25, 0.3) is 0 Å². The van der Waals surface area contributed by atoms with E-state index in [4.69, 9.17) is 4.74 Å². The molecule has 2 aliphatic carbocycles. The molecule has 4 nitrogen and oxygen atoms in total. The second kappa shape index (κ2) is 7.44. The Morgan fingerprint density at radius 2 is 1.75 bits per heavy atom. The first kappa shape index (κ1) is 17.7. The standard InChI is InChI=1S/C19H29NO3S/c1-14(2)24(21,22)20-19-6-4-3-5-17(19)13-23-18-11-9-16(10-12-18)15-7-8-15/h9-12,14-15,17,19-20H,3-8,13H2,1-2H3. The third-order valence-corrected chi connectivity index (χ3v) is 7.11. The average molecular weight is 352 g/mol. The molecule has 1 aromatic carbocycles. The van der Waals surface area contributed by atoms with Crippen LogP contribution in [0.1, 0.15) is 63.9 Å². The first-order valence-electron chi connectivity index (χ1n) is 9.19. The van der Waals surface area contributed by atoms with Gasteiger partial charge in [-0.25, -0.2) is 13.1 Å². The van der Waals surface area contributed by atoms with Gasteiger partial charge in [-0.3, -0.25) is 0 Å². The molecule has 2 unspecified atom stereocenters. The smallest absolute Gasteiger partial charge is 0.214 e. The van der Waals surface area contributed by atoms with Gasteiger partial charge in [0.15, 0.2) is 0 Å². The Balaban J connectivity index is 1.57. The number of benzene rings is 1. The van der Waals surface area contributed by atoms with E-state index in [0.29, 0.717) is 6.61 Å². The minimum Gasteiger partial charge on any atom is -0.493 e. The van der Waals surface area contributed by atoms with E-state index >= 15 is 0 Å². The van der Waals surface area contributed by atoms with Crippen LogP contribution in [0.4, 0.5) is 0 Å². The quantitative estimate of drug-likeness (QED) is 0.812. The summed E-state index contributed by atoms with van der Waals surface area (Å²) in [6, 6.07) is 8.41. The van der Waals surface area contributed by atoms with Gasteiger partial charge < -0.3 is 4.74 Å². The van der Waals surface area contributed by atoms with Crippen molar-refractivity contribution in [3.8, 4) is 5.75 Å².